The molecule has 0 N–H and O–H groups in total. The van der Waals surface area contributed by atoms with Gasteiger partial charge in [-0.3, -0.25) is 4.98 Å². The third-order valence-corrected chi connectivity index (χ3v) is 19.8. The standard InChI is InChI=1S/C40H39NOSi.C25H25N2.Ir/c1-40(2,3)34-25-27(43(4)23-10-5-11-24-43)20-22-31(34)36-32-15-8-9-18-35(32)41-37(36)33-17-12-16-29-30-21-19-26-13-6-7-14-28(26)38(30)42-39(29)33;1-17(2)20-13-10-14-21(18(3)4)24(20)27-23-16-9-8-15-22(23)26-25(27)19-11-6-5-7-12-19;/h6-9,12-16,18-22,25,36-37H,5,10-11,23-24H2,1-4H3;5-11,13-18H,1-4H3;/q-2;-1;+3/i;17D,18D;. The molecule has 10 aromatic rings. The van der Waals surface area contributed by atoms with Crippen LogP contribution in [0.2, 0.25) is 18.6 Å². The monoisotopic (exact) mass is 1130 g/mol. The van der Waals surface area contributed by atoms with Gasteiger partial charge in [0.05, 0.1) is 24.9 Å². The maximum atomic E-state index is 8.80. The molecule has 12 rings (SSSR count). The summed E-state index contributed by atoms with van der Waals surface area (Å²) in [5.74, 6) is -0.791. The van der Waals surface area contributed by atoms with Gasteiger partial charge in [-0.05, 0) is 62.9 Å². The van der Waals surface area contributed by atoms with E-state index in [0.29, 0.717) is 0 Å². The first-order valence-corrected chi connectivity index (χ1v) is 28.2. The summed E-state index contributed by atoms with van der Waals surface area (Å²) < 4.78 is 26.5. The fraction of sp³-hybridized carbons (Fsp3) is 0.277. The van der Waals surface area contributed by atoms with Gasteiger partial charge in [-0.1, -0.05) is 212 Å². The van der Waals surface area contributed by atoms with Crippen molar-refractivity contribution in [2.24, 2.45) is 0 Å². The molecule has 2 aliphatic rings. The number of rotatable bonds is 7. The number of imidazole rings is 1. The number of benzene rings is 8. The van der Waals surface area contributed by atoms with Crippen molar-refractivity contribution in [2.75, 3.05) is 0 Å². The molecule has 1 fully saturated rings. The van der Waals surface area contributed by atoms with Crippen LogP contribution in [0, 0.1) is 12.1 Å². The van der Waals surface area contributed by atoms with Crippen LogP contribution in [0.3, 0.4) is 0 Å². The molecule has 0 spiro atoms. The molecule has 71 heavy (non-hydrogen) atoms. The van der Waals surface area contributed by atoms with Crippen LogP contribution in [0.25, 0.3) is 66.1 Å². The molecule has 4 nitrogen and oxygen atoms in total. The molecule has 2 unspecified atom stereocenters. The van der Waals surface area contributed by atoms with E-state index in [2.05, 4.69) is 135 Å². The molecule has 2 aromatic heterocycles. The zero-order chi connectivity index (χ0) is 50.2. The molecule has 1 saturated heterocycles. The molecule has 0 saturated carbocycles. The fourth-order valence-electron chi connectivity index (χ4n) is 11.6. The number of fused-ring (bicyclic) bond motifs is 7. The number of hydrogen-bond donors (Lipinski definition) is 0. The van der Waals surface area contributed by atoms with Gasteiger partial charge in [-0.2, -0.15) is 18.2 Å². The topological polar surface area (TPSA) is 45.1 Å². The molecule has 358 valence electrons. The number of furan rings is 1. The summed E-state index contributed by atoms with van der Waals surface area (Å²) in [6, 6.07) is 64.9. The normalized spacial score (nSPS) is 17.2. The molecule has 0 aliphatic carbocycles. The summed E-state index contributed by atoms with van der Waals surface area (Å²) >= 11 is 0. The van der Waals surface area contributed by atoms with Gasteiger partial charge in [0, 0.05) is 24.8 Å². The van der Waals surface area contributed by atoms with E-state index < -0.39 is 19.9 Å². The third kappa shape index (κ3) is 8.81. The van der Waals surface area contributed by atoms with Gasteiger partial charge < -0.3 is 14.3 Å². The van der Waals surface area contributed by atoms with Crippen LogP contribution in [-0.2, 0) is 25.5 Å². The Hall–Kier alpha value is -6.04. The Morgan fingerprint density at radius 1 is 0.690 bits per heavy atom. The Balaban J connectivity index is 0.000000178. The van der Waals surface area contributed by atoms with Gasteiger partial charge in [-0.25, -0.2) is 0 Å². The smallest absolute Gasteiger partial charge is 0.679 e. The van der Waals surface area contributed by atoms with Crippen LogP contribution in [0.15, 0.2) is 162 Å². The Labute approximate surface area is 438 Å². The molecular formula is C65H64IrN3OSi. The molecule has 8 aromatic carbocycles. The van der Waals surface area contributed by atoms with Gasteiger partial charge in [0.15, 0.2) is 0 Å². The van der Waals surface area contributed by atoms with Crippen molar-refractivity contribution in [2.45, 2.75) is 116 Å². The van der Waals surface area contributed by atoms with Crippen LogP contribution in [-0.4, -0.2) is 17.6 Å². The molecule has 2 aliphatic heterocycles. The van der Waals surface area contributed by atoms with Crippen LogP contribution in [0.1, 0.15) is 128 Å². The molecule has 4 heterocycles. The summed E-state index contributed by atoms with van der Waals surface area (Å²) in [6.07, 6.45) is 4.17. The Morgan fingerprint density at radius 2 is 1.39 bits per heavy atom. The van der Waals surface area contributed by atoms with Gasteiger partial charge in [-0.15, -0.1) is 53.2 Å². The summed E-state index contributed by atoms with van der Waals surface area (Å²) in [5.41, 5.74) is 13.5. The minimum atomic E-state index is -1.46. The summed E-state index contributed by atoms with van der Waals surface area (Å²) in [6.45, 7) is 17.3. The van der Waals surface area contributed by atoms with Crippen LogP contribution in [0.5, 0.6) is 0 Å². The van der Waals surface area contributed by atoms with Crippen molar-refractivity contribution in [3.8, 4) is 17.1 Å². The second kappa shape index (κ2) is 19.5. The Bertz CT molecular complexity index is 3610. The number of para-hydroxylation sites is 4. The zero-order valence-corrected chi connectivity index (χ0v) is 45.7. The third-order valence-electron chi connectivity index (χ3n) is 15.2. The number of aromatic nitrogens is 2. The van der Waals surface area contributed by atoms with Gasteiger partial charge in [0.1, 0.15) is 5.58 Å². The molecule has 0 radical (unpaired) electrons. The molecular weight excluding hydrogens is 1060 g/mol. The average Bonchev–Trinajstić information content (AvgIpc) is 4.08. The fourth-order valence-corrected chi connectivity index (χ4v) is 15.4. The van der Waals surface area contributed by atoms with E-state index in [4.69, 9.17) is 17.5 Å². The molecule has 0 bridgehead atoms. The maximum absolute atomic E-state index is 8.80. The van der Waals surface area contributed by atoms with Crippen LogP contribution >= 0.6 is 0 Å². The molecule has 2 atom stereocenters. The van der Waals surface area contributed by atoms with Crippen molar-refractivity contribution >= 4 is 62.7 Å². The van der Waals surface area contributed by atoms with Crippen LogP contribution in [0.4, 0.5) is 5.69 Å². The van der Waals surface area contributed by atoms with Crippen LogP contribution < -0.4 is 5.19 Å². The largest absolute Gasteiger partial charge is 3.00 e. The van der Waals surface area contributed by atoms with Crippen molar-refractivity contribution in [1.29, 1.82) is 0 Å². The average molecular weight is 1130 g/mol. The first-order valence-electron chi connectivity index (χ1n) is 26.3. The van der Waals surface area contributed by atoms with E-state index >= 15 is 0 Å². The predicted octanol–water partition coefficient (Wildman–Crippen LogP) is 17.9. The first-order chi connectivity index (χ1) is 34.5. The van der Waals surface area contributed by atoms with Gasteiger partial charge in [0.25, 0.3) is 0 Å². The van der Waals surface area contributed by atoms with E-state index in [1.807, 2.05) is 94.4 Å². The minimum Gasteiger partial charge on any atom is -0.679 e. The Kier molecular flexibility index (Phi) is 12.7. The SMILES string of the molecule is CC(C)(C)c1cc([Si]2(C)CCCCC2)ccc1C1c2ccccc2[N-]C1c1[c-]ccc2c1oc1c3ccccc3ccc21.[2H]C(C)(C)c1cccc(C([2H])(C)C)c1-n1c(-c2[c-]cccc2)nc2ccccc21.[Ir+3]. The maximum Gasteiger partial charge on any atom is 3.00 e. The second-order valence-electron chi connectivity index (χ2n) is 21.4. The molecule has 0 amide bonds. The van der Waals surface area contributed by atoms with E-state index in [-0.39, 0.29) is 37.5 Å². The van der Waals surface area contributed by atoms with Crippen molar-refractivity contribution in [3.05, 3.63) is 209 Å². The number of nitrogens with zero attached hydrogens (tertiary/aromatic N) is 3. The summed E-state index contributed by atoms with van der Waals surface area (Å²) in [7, 11) is -1.46. The summed E-state index contributed by atoms with van der Waals surface area (Å²) in [5, 5.41) is 11.7. The van der Waals surface area contributed by atoms with E-state index in [0.717, 1.165) is 77.8 Å². The van der Waals surface area contributed by atoms with Gasteiger partial charge in [0.2, 0.25) is 0 Å². The van der Waals surface area contributed by atoms with E-state index in [1.165, 1.54) is 53.4 Å². The first kappa shape index (κ1) is 46.1. The van der Waals surface area contributed by atoms with Gasteiger partial charge >= 0.3 is 20.1 Å². The minimum absolute atomic E-state index is 0. The Morgan fingerprint density at radius 3 is 2.14 bits per heavy atom. The number of hydrogen-bond acceptors (Lipinski definition) is 2. The van der Waals surface area contributed by atoms with Crippen molar-refractivity contribution in [1.82, 2.24) is 9.55 Å². The predicted molar refractivity (Wildman–Crippen MR) is 297 cm³/mol. The van der Waals surface area contributed by atoms with E-state index in [9.17, 15) is 0 Å². The quantitative estimate of drug-likeness (QED) is 0.118. The second-order valence-corrected chi connectivity index (χ2v) is 26.1. The van der Waals surface area contributed by atoms with E-state index in [1.54, 1.807) is 5.19 Å². The zero-order valence-electron chi connectivity index (χ0n) is 44.3. The summed E-state index contributed by atoms with van der Waals surface area (Å²) in [4.78, 5) is 4.91. The van der Waals surface area contributed by atoms with Crippen molar-refractivity contribution < 1.29 is 27.3 Å². The molecule has 6 heteroatoms. The van der Waals surface area contributed by atoms with Crippen molar-refractivity contribution in [3.63, 3.8) is 0 Å².